The molecule has 26 heavy (non-hydrogen) atoms. The third kappa shape index (κ3) is 4.61. The molecule has 0 amide bonds. The Morgan fingerprint density at radius 1 is 1.46 bits per heavy atom. The first kappa shape index (κ1) is 20.8. The number of rotatable bonds is 2. The Morgan fingerprint density at radius 3 is 2.62 bits per heavy atom. The fourth-order valence-electron chi connectivity index (χ4n) is 2.74. The Bertz CT molecular complexity index is 887. The zero-order valence-corrected chi connectivity index (χ0v) is 16.4. The summed E-state index contributed by atoms with van der Waals surface area (Å²) >= 11 is 5.88. The quantitative estimate of drug-likeness (QED) is 0.782. The normalized spacial score (nSPS) is 18.8. The lowest BCUT2D eigenvalue weighted by Crippen LogP contribution is -2.41. The minimum atomic E-state index is -3.09. The fraction of sp³-hybridized carbons (Fsp3) is 0.600. The van der Waals surface area contributed by atoms with Gasteiger partial charge in [0.2, 0.25) is 16.0 Å². The molecule has 3 heterocycles. The lowest BCUT2D eigenvalue weighted by Gasteiger charge is -2.27. The van der Waals surface area contributed by atoms with E-state index in [0.717, 1.165) is 6.42 Å². The zero-order valence-electron chi connectivity index (χ0n) is 14.9. The second kappa shape index (κ2) is 8.03. The first-order valence-electron chi connectivity index (χ1n) is 8.13. The SMILES string of the molecule is CC(C)c1c(Cl)c(F)c2cnc(N)nn12.CS(=O)(=O)N1CCCC(O)C1. The van der Waals surface area contributed by atoms with Crippen molar-refractivity contribution in [2.45, 2.75) is 38.7 Å². The highest BCUT2D eigenvalue weighted by atomic mass is 35.5. The van der Waals surface area contributed by atoms with E-state index in [4.69, 9.17) is 22.4 Å². The molecule has 0 aromatic carbocycles. The molecule has 1 unspecified atom stereocenters. The molecule has 146 valence electrons. The van der Waals surface area contributed by atoms with Gasteiger partial charge in [0.05, 0.1) is 24.3 Å². The van der Waals surface area contributed by atoms with E-state index in [-0.39, 0.29) is 29.0 Å². The van der Waals surface area contributed by atoms with Gasteiger partial charge in [-0.2, -0.15) is 4.31 Å². The highest BCUT2D eigenvalue weighted by Crippen LogP contribution is 2.31. The van der Waals surface area contributed by atoms with Gasteiger partial charge in [0.25, 0.3) is 0 Å². The third-order valence-electron chi connectivity index (χ3n) is 4.00. The maximum absolute atomic E-state index is 13.6. The number of hydrogen-bond donors (Lipinski definition) is 2. The van der Waals surface area contributed by atoms with Gasteiger partial charge in [-0.1, -0.05) is 25.4 Å². The number of fused-ring (bicyclic) bond motifs is 1. The fourth-order valence-corrected chi connectivity index (χ4v) is 4.03. The number of anilines is 1. The number of sulfonamides is 1. The molecule has 2 aromatic rings. The van der Waals surface area contributed by atoms with E-state index in [1.54, 1.807) is 0 Å². The number of β-amino-alcohol motifs (C(OH)–C–C–N with tert-alkyl or cyclic N) is 1. The molecule has 11 heteroatoms. The Kier molecular flexibility index (Phi) is 6.43. The van der Waals surface area contributed by atoms with Crippen LogP contribution in [0.4, 0.5) is 10.3 Å². The first-order valence-corrected chi connectivity index (χ1v) is 10.4. The first-order chi connectivity index (χ1) is 12.0. The molecule has 3 N–H and O–H groups in total. The van der Waals surface area contributed by atoms with Crippen molar-refractivity contribution in [1.82, 2.24) is 18.9 Å². The highest BCUT2D eigenvalue weighted by Gasteiger charge is 2.24. The molecule has 1 saturated heterocycles. The summed E-state index contributed by atoms with van der Waals surface area (Å²) in [6.07, 6.45) is 3.50. The van der Waals surface area contributed by atoms with E-state index >= 15 is 0 Å². The molecule has 0 bridgehead atoms. The summed E-state index contributed by atoms with van der Waals surface area (Å²) in [4.78, 5) is 3.73. The van der Waals surface area contributed by atoms with Crippen LogP contribution in [0.2, 0.25) is 5.02 Å². The molecule has 0 aliphatic carbocycles. The lowest BCUT2D eigenvalue weighted by atomic mass is 10.1. The second-order valence-corrected chi connectivity index (χ2v) is 8.86. The van der Waals surface area contributed by atoms with E-state index in [1.165, 1.54) is 21.3 Å². The number of nitrogens with two attached hydrogens (primary N) is 1. The van der Waals surface area contributed by atoms with E-state index in [1.807, 2.05) is 13.8 Å². The van der Waals surface area contributed by atoms with E-state index < -0.39 is 21.9 Å². The average Bonchev–Trinajstić information content (AvgIpc) is 2.78. The monoisotopic (exact) mass is 407 g/mol. The standard InChI is InChI=1S/C9H10ClFN4.C6H13NO3S/c1-4(2)8-6(10)7(11)5-3-13-9(12)14-15(5)8;1-11(9,10)7-4-2-3-6(8)5-7/h3-4H,1-2H3,(H2,12,14);6,8H,2-5H2,1H3. The van der Waals surface area contributed by atoms with Crippen LogP contribution in [0.1, 0.15) is 38.3 Å². The maximum atomic E-state index is 13.6. The number of aromatic nitrogens is 3. The largest absolute Gasteiger partial charge is 0.392 e. The van der Waals surface area contributed by atoms with Crippen molar-refractivity contribution in [2.75, 3.05) is 25.1 Å². The van der Waals surface area contributed by atoms with Crippen molar-refractivity contribution < 1.29 is 17.9 Å². The van der Waals surface area contributed by atoms with Gasteiger partial charge in [0, 0.05) is 13.1 Å². The predicted molar refractivity (Wildman–Crippen MR) is 98.1 cm³/mol. The Morgan fingerprint density at radius 2 is 2.12 bits per heavy atom. The summed E-state index contributed by atoms with van der Waals surface area (Å²) in [5.74, 6) is -0.347. The number of aliphatic hydroxyl groups excluding tert-OH is 1. The Hall–Kier alpha value is -1.49. The van der Waals surface area contributed by atoms with Crippen LogP contribution in [0.3, 0.4) is 0 Å². The predicted octanol–water partition coefficient (Wildman–Crippen LogP) is 1.63. The van der Waals surface area contributed by atoms with Crippen LogP contribution in [0, 0.1) is 5.82 Å². The minimum absolute atomic E-state index is 0.0591. The summed E-state index contributed by atoms with van der Waals surface area (Å²) < 4.78 is 38.3. The number of halogens is 2. The molecule has 1 aliphatic heterocycles. The van der Waals surface area contributed by atoms with E-state index in [2.05, 4.69) is 10.1 Å². The third-order valence-corrected chi connectivity index (χ3v) is 5.62. The molecule has 1 aliphatic rings. The van der Waals surface area contributed by atoms with Crippen molar-refractivity contribution >= 4 is 33.1 Å². The van der Waals surface area contributed by atoms with Gasteiger partial charge in [-0.3, -0.25) is 0 Å². The maximum Gasteiger partial charge on any atom is 0.238 e. The zero-order chi connectivity index (χ0) is 19.6. The molecule has 0 radical (unpaired) electrons. The van der Waals surface area contributed by atoms with Crippen LogP contribution < -0.4 is 5.73 Å². The summed E-state index contributed by atoms with van der Waals surface area (Å²) in [6, 6.07) is 0. The molecule has 2 aromatic heterocycles. The highest BCUT2D eigenvalue weighted by molar-refractivity contribution is 7.88. The lowest BCUT2D eigenvalue weighted by molar-refractivity contribution is 0.108. The van der Waals surface area contributed by atoms with Crippen LogP contribution in [0.25, 0.3) is 5.52 Å². The topological polar surface area (TPSA) is 114 Å². The minimum Gasteiger partial charge on any atom is -0.392 e. The van der Waals surface area contributed by atoms with Gasteiger partial charge in [0.1, 0.15) is 10.5 Å². The summed E-state index contributed by atoms with van der Waals surface area (Å²) in [7, 11) is -3.09. The van der Waals surface area contributed by atoms with Gasteiger partial charge in [-0.15, -0.1) is 5.10 Å². The van der Waals surface area contributed by atoms with E-state index in [9.17, 15) is 12.8 Å². The molecule has 0 spiro atoms. The molecule has 3 rings (SSSR count). The van der Waals surface area contributed by atoms with E-state index in [0.29, 0.717) is 18.7 Å². The van der Waals surface area contributed by atoms with Crippen molar-refractivity contribution in [3.8, 4) is 0 Å². The van der Waals surface area contributed by atoms with Crippen LogP contribution in [0.5, 0.6) is 0 Å². The van der Waals surface area contributed by atoms with Gasteiger partial charge < -0.3 is 10.8 Å². The van der Waals surface area contributed by atoms with Gasteiger partial charge in [-0.25, -0.2) is 22.3 Å². The summed E-state index contributed by atoms with van der Waals surface area (Å²) in [6.45, 7) is 4.63. The van der Waals surface area contributed by atoms with Crippen molar-refractivity contribution in [3.63, 3.8) is 0 Å². The van der Waals surface area contributed by atoms with Crippen molar-refractivity contribution in [3.05, 3.63) is 22.7 Å². The smallest absolute Gasteiger partial charge is 0.238 e. The van der Waals surface area contributed by atoms with Gasteiger partial charge >= 0.3 is 0 Å². The van der Waals surface area contributed by atoms with Crippen LogP contribution in [-0.4, -0.2) is 57.9 Å². The van der Waals surface area contributed by atoms with Gasteiger partial charge in [-0.05, 0) is 18.8 Å². The summed E-state index contributed by atoms with van der Waals surface area (Å²) in [5, 5.41) is 13.2. The van der Waals surface area contributed by atoms with Crippen molar-refractivity contribution in [2.24, 2.45) is 0 Å². The number of aliphatic hydroxyl groups is 1. The molecule has 8 nitrogen and oxygen atoms in total. The number of hydrogen-bond acceptors (Lipinski definition) is 6. The summed E-state index contributed by atoms with van der Waals surface area (Å²) in [5.41, 5.74) is 6.30. The van der Waals surface area contributed by atoms with Gasteiger partial charge in [0.15, 0.2) is 5.82 Å². The Labute approximate surface area is 156 Å². The number of piperidine rings is 1. The van der Waals surface area contributed by atoms with Crippen LogP contribution in [0.15, 0.2) is 6.20 Å². The number of nitrogen functional groups attached to an aromatic ring is 1. The average molecular weight is 408 g/mol. The molecule has 1 fully saturated rings. The molecular weight excluding hydrogens is 385 g/mol. The molecule has 1 atom stereocenters. The molecular formula is C15H23ClFN5O3S. The Balaban J connectivity index is 0.000000197. The molecule has 0 saturated carbocycles. The number of nitrogens with zero attached hydrogens (tertiary/aromatic N) is 4. The van der Waals surface area contributed by atoms with Crippen LogP contribution >= 0.6 is 11.6 Å². The van der Waals surface area contributed by atoms with Crippen molar-refractivity contribution in [1.29, 1.82) is 0 Å². The van der Waals surface area contributed by atoms with Crippen LogP contribution in [-0.2, 0) is 10.0 Å². The second-order valence-electron chi connectivity index (χ2n) is 6.50.